The van der Waals surface area contributed by atoms with E-state index in [2.05, 4.69) is 34.1 Å². The van der Waals surface area contributed by atoms with Crippen molar-refractivity contribution in [2.75, 3.05) is 5.73 Å². The summed E-state index contributed by atoms with van der Waals surface area (Å²) in [5.74, 6) is 1.08. The third-order valence-electron chi connectivity index (χ3n) is 2.30. The van der Waals surface area contributed by atoms with Crippen LogP contribution in [0.2, 0.25) is 0 Å². The highest BCUT2D eigenvalue weighted by molar-refractivity contribution is 9.10. The zero-order chi connectivity index (χ0) is 10.8. The molecule has 0 aliphatic rings. The van der Waals surface area contributed by atoms with Crippen molar-refractivity contribution >= 4 is 21.7 Å². The monoisotopic (exact) mass is 266 g/mol. The number of rotatable bonds is 2. The van der Waals surface area contributed by atoms with Gasteiger partial charge in [0.25, 0.3) is 0 Å². The van der Waals surface area contributed by atoms with Crippen LogP contribution in [0.3, 0.4) is 0 Å². The first kappa shape index (κ1) is 10.2. The molecule has 0 unspecified atom stereocenters. The Morgan fingerprint density at radius 1 is 1.40 bits per heavy atom. The first-order valence-corrected chi connectivity index (χ1v) is 5.52. The van der Waals surface area contributed by atoms with E-state index in [9.17, 15) is 0 Å². The average Bonchev–Trinajstić information content (AvgIpc) is 2.60. The van der Waals surface area contributed by atoms with Crippen LogP contribution >= 0.6 is 15.9 Å². The molecule has 78 valence electrons. The Bertz CT molecular complexity index is 479. The summed E-state index contributed by atoms with van der Waals surface area (Å²) in [6, 6.07) is 8.06. The molecule has 0 saturated carbocycles. The molecule has 0 fully saturated rings. The maximum absolute atomic E-state index is 5.62. The van der Waals surface area contributed by atoms with Gasteiger partial charge in [0.1, 0.15) is 4.47 Å². The Morgan fingerprint density at radius 3 is 2.73 bits per heavy atom. The van der Waals surface area contributed by atoms with Crippen molar-refractivity contribution < 1.29 is 4.52 Å². The second kappa shape index (κ2) is 4.06. The van der Waals surface area contributed by atoms with Crippen LogP contribution in [0, 0.1) is 0 Å². The summed E-state index contributed by atoms with van der Waals surface area (Å²) in [4.78, 5) is 0. The summed E-state index contributed by atoms with van der Waals surface area (Å²) in [5, 5.41) is 3.72. The molecule has 1 aromatic heterocycles. The molecule has 0 spiro atoms. The smallest absolute Gasteiger partial charge is 0.183 e. The van der Waals surface area contributed by atoms with Crippen LogP contribution in [-0.4, -0.2) is 5.16 Å². The number of hydrogen-bond donors (Lipinski definition) is 1. The van der Waals surface area contributed by atoms with Gasteiger partial charge >= 0.3 is 0 Å². The predicted molar refractivity (Wildman–Crippen MR) is 63.4 cm³/mol. The molecule has 0 aliphatic carbocycles. The fourth-order valence-corrected chi connectivity index (χ4v) is 1.87. The van der Waals surface area contributed by atoms with Crippen molar-refractivity contribution in [1.29, 1.82) is 0 Å². The summed E-state index contributed by atoms with van der Waals surface area (Å²) in [6.07, 6.45) is 0.948. The molecule has 0 atom stereocenters. The van der Waals surface area contributed by atoms with Crippen molar-refractivity contribution in [3.05, 3.63) is 34.3 Å². The minimum absolute atomic E-state index is 0.385. The second-order valence-electron chi connectivity index (χ2n) is 3.22. The number of hydrogen-bond acceptors (Lipinski definition) is 3. The SMILES string of the molecule is CCc1ccccc1-c1onc(N)c1Br. The zero-order valence-electron chi connectivity index (χ0n) is 8.33. The minimum Gasteiger partial charge on any atom is -0.380 e. The number of nitrogens with zero attached hydrogens (tertiary/aromatic N) is 1. The second-order valence-corrected chi connectivity index (χ2v) is 4.01. The molecule has 4 heteroatoms. The molecular formula is C11H11BrN2O. The summed E-state index contributed by atoms with van der Waals surface area (Å²) in [7, 11) is 0. The Labute approximate surface area is 96.4 Å². The van der Waals surface area contributed by atoms with Crippen molar-refractivity contribution in [2.45, 2.75) is 13.3 Å². The van der Waals surface area contributed by atoms with Gasteiger partial charge in [0.05, 0.1) is 0 Å². The minimum atomic E-state index is 0.385. The van der Waals surface area contributed by atoms with E-state index in [-0.39, 0.29) is 0 Å². The Morgan fingerprint density at radius 2 is 2.13 bits per heavy atom. The Hall–Kier alpha value is -1.29. The van der Waals surface area contributed by atoms with E-state index in [4.69, 9.17) is 10.3 Å². The van der Waals surface area contributed by atoms with E-state index in [0.29, 0.717) is 11.6 Å². The molecule has 0 amide bonds. The highest BCUT2D eigenvalue weighted by Crippen LogP contribution is 2.34. The fraction of sp³-hybridized carbons (Fsp3) is 0.182. The lowest BCUT2D eigenvalue weighted by Crippen LogP contribution is -1.87. The normalized spacial score (nSPS) is 10.5. The van der Waals surface area contributed by atoms with Crippen molar-refractivity contribution in [2.24, 2.45) is 0 Å². The highest BCUT2D eigenvalue weighted by Gasteiger charge is 2.14. The standard InChI is InChI=1S/C11H11BrN2O/c1-2-7-5-3-4-6-8(7)10-9(12)11(13)14-15-10/h3-6H,2H2,1H3,(H2,13,14). The van der Waals surface area contributed by atoms with Crippen LogP contribution in [0.4, 0.5) is 5.82 Å². The molecule has 1 heterocycles. The summed E-state index contributed by atoms with van der Waals surface area (Å²) < 4.78 is 5.93. The van der Waals surface area contributed by atoms with E-state index >= 15 is 0 Å². The van der Waals surface area contributed by atoms with Crippen molar-refractivity contribution in [1.82, 2.24) is 5.16 Å². The lowest BCUT2D eigenvalue weighted by Gasteiger charge is -2.03. The molecule has 2 rings (SSSR count). The molecule has 2 N–H and O–H groups in total. The van der Waals surface area contributed by atoms with E-state index in [1.807, 2.05) is 18.2 Å². The number of halogens is 1. The third kappa shape index (κ3) is 1.77. The average molecular weight is 267 g/mol. The number of nitrogens with two attached hydrogens (primary N) is 1. The van der Waals surface area contributed by atoms with E-state index in [1.54, 1.807) is 0 Å². The lowest BCUT2D eigenvalue weighted by molar-refractivity contribution is 0.435. The highest BCUT2D eigenvalue weighted by atomic mass is 79.9. The molecule has 15 heavy (non-hydrogen) atoms. The topological polar surface area (TPSA) is 52.0 Å². The molecular weight excluding hydrogens is 256 g/mol. The number of anilines is 1. The molecule has 3 nitrogen and oxygen atoms in total. The largest absolute Gasteiger partial charge is 0.380 e. The van der Waals surface area contributed by atoms with Gasteiger partial charge in [-0.05, 0) is 27.9 Å². The number of aryl methyl sites for hydroxylation is 1. The Balaban J connectivity index is 2.58. The van der Waals surface area contributed by atoms with Crippen LogP contribution in [-0.2, 0) is 6.42 Å². The number of benzene rings is 1. The van der Waals surface area contributed by atoms with E-state index < -0.39 is 0 Å². The maximum atomic E-state index is 5.62. The van der Waals surface area contributed by atoms with Gasteiger partial charge < -0.3 is 10.3 Å². The van der Waals surface area contributed by atoms with Crippen molar-refractivity contribution in [3.8, 4) is 11.3 Å². The van der Waals surface area contributed by atoms with Gasteiger partial charge in [-0.2, -0.15) is 0 Å². The van der Waals surface area contributed by atoms with Crippen LogP contribution < -0.4 is 5.73 Å². The predicted octanol–water partition coefficient (Wildman–Crippen LogP) is 3.25. The lowest BCUT2D eigenvalue weighted by atomic mass is 10.0. The fourth-order valence-electron chi connectivity index (χ4n) is 1.51. The van der Waals surface area contributed by atoms with Gasteiger partial charge in [0.2, 0.25) is 0 Å². The zero-order valence-corrected chi connectivity index (χ0v) is 9.91. The van der Waals surface area contributed by atoms with Crippen LogP contribution in [0.5, 0.6) is 0 Å². The molecule has 1 aromatic carbocycles. The summed E-state index contributed by atoms with van der Waals surface area (Å²) in [6.45, 7) is 2.10. The van der Waals surface area contributed by atoms with Crippen LogP contribution in [0.15, 0.2) is 33.3 Å². The van der Waals surface area contributed by atoms with Gasteiger partial charge in [-0.25, -0.2) is 0 Å². The van der Waals surface area contributed by atoms with E-state index in [1.165, 1.54) is 5.56 Å². The van der Waals surface area contributed by atoms with Gasteiger partial charge in [-0.15, -0.1) is 0 Å². The first-order valence-electron chi connectivity index (χ1n) is 4.73. The van der Waals surface area contributed by atoms with Gasteiger partial charge in [0.15, 0.2) is 11.6 Å². The van der Waals surface area contributed by atoms with Gasteiger partial charge in [-0.1, -0.05) is 36.3 Å². The number of aromatic nitrogens is 1. The van der Waals surface area contributed by atoms with E-state index in [0.717, 1.165) is 16.5 Å². The van der Waals surface area contributed by atoms with Crippen molar-refractivity contribution in [3.63, 3.8) is 0 Å². The molecule has 0 saturated heterocycles. The summed E-state index contributed by atoms with van der Waals surface area (Å²) >= 11 is 3.37. The molecule has 0 radical (unpaired) electrons. The van der Waals surface area contributed by atoms with Crippen LogP contribution in [0.25, 0.3) is 11.3 Å². The quantitative estimate of drug-likeness (QED) is 0.908. The van der Waals surface area contributed by atoms with Gasteiger partial charge in [-0.3, -0.25) is 0 Å². The number of nitrogen functional groups attached to an aromatic ring is 1. The summed E-state index contributed by atoms with van der Waals surface area (Å²) in [5.41, 5.74) is 7.87. The molecule has 2 aromatic rings. The first-order chi connectivity index (χ1) is 7.24. The Kier molecular flexibility index (Phi) is 2.77. The maximum Gasteiger partial charge on any atom is 0.183 e. The third-order valence-corrected chi connectivity index (χ3v) is 3.07. The van der Waals surface area contributed by atoms with Crippen LogP contribution in [0.1, 0.15) is 12.5 Å². The molecule has 0 bridgehead atoms. The molecule has 0 aliphatic heterocycles. The van der Waals surface area contributed by atoms with Gasteiger partial charge in [0, 0.05) is 5.56 Å².